The van der Waals surface area contributed by atoms with Crippen molar-refractivity contribution in [2.24, 2.45) is 0 Å². The van der Waals surface area contributed by atoms with Crippen LogP contribution in [-0.2, 0) is 5.75 Å². The first-order valence-electron chi connectivity index (χ1n) is 8.85. The molecule has 0 spiro atoms. The quantitative estimate of drug-likeness (QED) is 0.427. The number of halogens is 1. The number of nitrogens with zero attached hydrogens (tertiary/aromatic N) is 6. The fourth-order valence-electron chi connectivity index (χ4n) is 3.07. The molecule has 1 aliphatic rings. The number of hydrogen-bond donors (Lipinski definition) is 0. The van der Waals surface area contributed by atoms with E-state index in [1.54, 1.807) is 36.4 Å². The number of pyridine rings is 2. The minimum Gasteiger partial charge on any atom is -0.299 e. The van der Waals surface area contributed by atoms with E-state index in [4.69, 9.17) is 0 Å². The molecule has 0 saturated heterocycles. The second kappa shape index (κ2) is 7.14. The third-order valence-corrected chi connectivity index (χ3v) is 5.99. The van der Waals surface area contributed by atoms with E-state index in [9.17, 15) is 4.79 Å². The van der Waals surface area contributed by atoms with Crippen LogP contribution in [0.3, 0.4) is 0 Å². The van der Waals surface area contributed by atoms with Gasteiger partial charge in [0, 0.05) is 46.5 Å². The predicted molar refractivity (Wildman–Crippen MR) is 110 cm³/mol. The maximum Gasteiger partial charge on any atom is 0.258 e. The second-order valence-electron chi connectivity index (χ2n) is 6.59. The normalized spacial score (nSPS) is 13.9. The Bertz CT molecular complexity index is 1220. The summed E-state index contributed by atoms with van der Waals surface area (Å²) < 4.78 is 4.57. The summed E-state index contributed by atoms with van der Waals surface area (Å²) in [6, 6.07) is 9.61. The van der Waals surface area contributed by atoms with Gasteiger partial charge in [-0.1, -0.05) is 11.8 Å². The van der Waals surface area contributed by atoms with Gasteiger partial charge < -0.3 is 0 Å². The van der Waals surface area contributed by atoms with Gasteiger partial charge in [0.1, 0.15) is 5.65 Å². The summed E-state index contributed by atoms with van der Waals surface area (Å²) in [6.45, 7) is 0. The smallest absolute Gasteiger partial charge is 0.258 e. The molecule has 140 valence electrons. The van der Waals surface area contributed by atoms with Gasteiger partial charge in [-0.15, -0.1) is 10.2 Å². The molecule has 9 heteroatoms. The van der Waals surface area contributed by atoms with Gasteiger partial charge in [0.15, 0.2) is 11.0 Å². The molecule has 28 heavy (non-hydrogen) atoms. The average Bonchev–Trinajstić information content (AvgIpc) is 3.46. The van der Waals surface area contributed by atoms with E-state index < -0.39 is 0 Å². The average molecular weight is 455 g/mol. The zero-order chi connectivity index (χ0) is 19.1. The van der Waals surface area contributed by atoms with Crippen molar-refractivity contribution in [3.05, 3.63) is 69.4 Å². The number of rotatable bonds is 5. The molecule has 7 nitrogen and oxygen atoms in total. The zero-order valence-electron chi connectivity index (χ0n) is 14.7. The lowest BCUT2D eigenvalue weighted by Gasteiger charge is -2.09. The van der Waals surface area contributed by atoms with Crippen molar-refractivity contribution in [3.8, 4) is 11.4 Å². The van der Waals surface area contributed by atoms with Crippen LogP contribution in [0.5, 0.6) is 0 Å². The topological polar surface area (TPSA) is 78.0 Å². The molecule has 0 N–H and O–H groups in total. The van der Waals surface area contributed by atoms with Gasteiger partial charge >= 0.3 is 0 Å². The molecule has 1 fully saturated rings. The molecule has 1 aliphatic carbocycles. The first-order chi connectivity index (χ1) is 13.7. The van der Waals surface area contributed by atoms with Crippen LogP contribution in [0.1, 0.15) is 24.6 Å². The molecular weight excluding hydrogens is 440 g/mol. The molecule has 4 aromatic heterocycles. The zero-order valence-corrected chi connectivity index (χ0v) is 17.1. The van der Waals surface area contributed by atoms with Crippen LogP contribution in [-0.4, -0.2) is 29.1 Å². The molecule has 0 amide bonds. The predicted octanol–water partition coefficient (Wildman–Crippen LogP) is 3.74. The SMILES string of the molecule is O=c1cc(CSc2nnc(-c3ccncc3)n2C2CC2)nc2ccc(Br)cn12. The highest BCUT2D eigenvalue weighted by Gasteiger charge is 2.30. The van der Waals surface area contributed by atoms with Crippen molar-refractivity contribution in [2.45, 2.75) is 29.8 Å². The minimum atomic E-state index is -0.0944. The van der Waals surface area contributed by atoms with Crippen molar-refractivity contribution < 1.29 is 0 Å². The molecular formula is C19H15BrN6OS. The Morgan fingerprint density at radius 3 is 2.75 bits per heavy atom. The van der Waals surface area contributed by atoms with Crippen LogP contribution in [0.25, 0.3) is 17.0 Å². The molecule has 5 rings (SSSR count). The van der Waals surface area contributed by atoms with E-state index in [1.807, 2.05) is 24.3 Å². The van der Waals surface area contributed by atoms with E-state index in [2.05, 4.69) is 40.7 Å². The molecule has 0 atom stereocenters. The lowest BCUT2D eigenvalue weighted by Crippen LogP contribution is -2.15. The highest BCUT2D eigenvalue weighted by atomic mass is 79.9. The van der Waals surface area contributed by atoms with Gasteiger partial charge in [0.2, 0.25) is 0 Å². The van der Waals surface area contributed by atoms with Gasteiger partial charge in [-0.3, -0.25) is 18.7 Å². The van der Waals surface area contributed by atoms with Crippen molar-refractivity contribution >= 4 is 33.3 Å². The summed E-state index contributed by atoms with van der Waals surface area (Å²) in [4.78, 5) is 21.1. The van der Waals surface area contributed by atoms with Crippen LogP contribution in [0.15, 0.2) is 63.3 Å². The first-order valence-corrected chi connectivity index (χ1v) is 10.6. The maximum atomic E-state index is 12.4. The van der Waals surface area contributed by atoms with E-state index >= 15 is 0 Å². The Labute approximate surface area is 173 Å². The molecule has 1 saturated carbocycles. The van der Waals surface area contributed by atoms with E-state index in [0.717, 1.165) is 39.6 Å². The van der Waals surface area contributed by atoms with Crippen LogP contribution < -0.4 is 5.56 Å². The van der Waals surface area contributed by atoms with E-state index in [-0.39, 0.29) is 5.56 Å². The minimum absolute atomic E-state index is 0.0944. The molecule has 0 bridgehead atoms. The highest BCUT2D eigenvalue weighted by molar-refractivity contribution is 9.10. The summed E-state index contributed by atoms with van der Waals surface area (Å²) in [5.74, 6) is 1.42. The monoisotopic (exact) mass is 454 g/mol. The number of hydrogen-bond acceptors (Lipinski definition) is 6. The third kappa shape index (κ3) is 3.35. The Morgan fingerprint density at radius 1 is 1.14 bits per heavy atom. The van der Waals surface area contributed by atoms with Crippen LogP contribution >= 0.6 is 27.7 Å². The van der Waals surface area contributed by atoms with E-state index in [0.29, 0.717) is 17.4 Å². The maximum absolute atomic E-state index is 12.4. The molecule has 0 radical (unpaired) electrons. The van der Waals surface area contributed by atoms with Gasteiger partial charge in [0.05, 0.1) is 5.69 Å². The molecule has 0 unspecified atom stereocenters. The lowest BCUT2D eigenvalue weighted by molar-refractivity contribution is 0.669. The lowest BCUT2D eigenvalue weighted by atomic mass is 10.2. The number of fused-ring (bicyclic) bond motifs is 1. The van der Waals surface area contributed by atoms with Crippen LogP contribution in [0.4, 0.5) is 0 Å². The molecule has 0 aliphatic heterocycles. The Kier molecular flexibility index (Phi) is 4.48. The summed E-state index contributed by atoms with van der Waals surface area (Å²) in [6.07, 6.45) is 7.52. The first kappa shape index (κ1) is 17.6. The Balaban J connectivity index is 1.45. The Hall–Kier alpha value is -2.52. The standard InChI is InChI=1S/C19H15BrN6OS/c20-13-1-4-16-22-14(9-17(27)25(16)10-13)11-28-19-24-23-18(26(19)15-2-3-15)12-5-7-21-8-6-12/h1,4-10,15H,2-3,11H2. The number of aromatic nitrogens is 6. The van der Waals surface area contributed by atoms with E-state index in [1.165, 1.54) is 4.40 Å². The molecule has 4 aromatic rings. The molecule has 4 heterocycles. The molecule has 0 aromatic carbocycles. The Morgan fingerprint density at radius 2 is 1.96 bits per heavy atom. The van der Waals surface area contributed by atoms with Crippen molar-refractivity contribution in [2.75, 3.05) is 0 Å². The summed E-state index contributed by atoms with van der Waals surface area (Å²) in [5, 5.41) is 9.67. The summed E-state index contributed by atoms with van der Waals surface area (Å²) >= 11 is 4.94. The van der Waals surface area contributed by atoms with Crippen LogP contribution in [0, 0.1) is 0 Å². The van der Waals surface area contributed by atoms with Gasteiger partial charge in [0.25, 0.3) is 5.56 Å². The van der Waals surface area contributed by atoms with Crippen LogP contribution in [0.2, 0.25) is 0 Å². The number of thioether (sulfide) groups is 1. The van der Waals surface area contributed by atoms with Gasteiger partial charge in [-0.2, -0.15) is 0 Å². The fourth-order valence-corrected chi connectivity index (χ4v) is 4.31. The fraction of sp³-hybridized carbons (Fsp3) is 0.211. The summed E-state index contributed by atoms with van der Waals surface area (Å²) in [7, 11) is 0. The third-order valence-electron chi connectivity index (χ3n) is 4.54. The summed E-state index contributed by atoms with van der Waals surface area (Å²) in [5.41, 5.74) is 2.28. The van der Waals surface area contributed by atoms with Gasteiger partial charge in [-0.25, -0.2) is 4.98 Å². The van der Waals surface area contributed by atoms with Crippen molar-refractivity contribution in [1.82, 2.24) is 29.1 Å². The van der Waals surface area contributed by atoms with Crippen molar-refractivity contribution in [1.29, 1.82) is 0 Å². The highest BCUT2D eigenvalue weighted by Crippen LogP contribution is 2.41. The van der Waals surface area contributed by atoms with Crippen molar-refractivity contribution in [3.63, 3.8) is 0 Å². The second-order valence-corrected chi connectivity index (χ2v) is 8.45. The largest absolute Gasteiger partial charge is 0.299 e. The van der Waals surface area contributed by atoms with Gasteiger partial charge in [-0.05, 0) is 53.0 Å².